The number of anilines is 2. The van der Waals surface area contributed by atoms with Gasteiger partial charge in [-0.05, 0) is 56.7 Å². The molecule has 1 fully saturated rings. The third kappa shape index (κ3) is 5.12. The highest BCUT2D eigenvalue weighted by Gasteiger charge is 2.27. The van der Waals surface area contributed by atoms with Crippen molar-refractivity contribution < 1.29 is 9.53 Å². The molecule has 0 saturated carbocycles. The van der Waals surface area contributed by atoms with Crippen LogP contribution in [0.25, 0.3) is 0 Å². The van der Waals surface area contributed by atoms with Gasteiger partial charge in [0.05, 0.1) is 19.2 Å². The fourth-order valence-electron chi connectivity index (χ4n) is 2.96. The lowest BCUT2D eigenvalue weighted by Gasteiger charge is -2.31. The number of hydrogen-bond donors (Lipinski definition) is 1. The zero-order chi connectivity index (χ0) is 18.5. The Morgan fingerprint density at radius 3 is 3.15 bits per heavy atom. The third-order valence-corrected chi connectivity index (χ3v) is 5.86. The van der Waals surface area contributed by atoms with E-state index in [2.05, 4.69) is 31.2 Å². The van der Waals surface area contributed by atoms with Gasteiger partial charge in [-0.1, -0.05) is 33.3 Å². The number of nitrogens with zero attached hydrogens (tertiary/aromatic N) is 3. The molecule has 9 heteroatoms. The molecule has 1 unspecified atom stereocenters. The monoisotopic (exact) mass is 456 g/mol. The fourth-order valence-corrected chi connectivity index (χ4v) is 4.37. The summed E-state index contributed by atoms with van der Waals surface area (Å²) in [6.07, 6.45) is 1.86. The second kappa shape index (κ2) is 9.07. The molecule has 1 aliphatic rings. The van der Waals surface area contributed by atoms with Gasteiger partial charge in [0.15, 0.2) is 3.95 Å². The first-order chi connectivity index (χ1) is 12.5. The smallest absolute Gasteiger partial charge is 0.310 e. The van der Waals surface area contributed by atoms with Crippen LogP contribution in [-0.2, 0) is 16.2 Å². The quantitative estimate of drug-likeness (QED) is 0.512. The van der Waals surface area contributed by atoms with Crippen LogP contribution in [0.2, 0.25) is 0 Å². The topological polar surface area (TPSA) is 59.4 Å². The molecule has 1 saturated heterocycles. The Kier molecular flexibility index (Phi) is 6.80. The van der Waals surface area contributed by atoms with E-state index in [4.69, 9.17) is 17.0 Å². The zero-order valence-electron chi connectivity index (χ0n) is 14.5. The maximum Gasteiger partial charge on any atom is 0.310 e. The summed E-state index contributed by atoms with van der Waals surface area (Å²) in [6.45, 7) is 4.48. The molecule has 1 atom stereocenters. The minimum Gasteiger partial charge on any atom is -0.466 e. The molecule has 140 valence electrons. The fraction of sp³-hybridized carbons (Fsp3) is 0.471. The second-order valence-electron chi connectivity index (χ2n) is 6.12. The van der Waals surface area contributed by atoms with Gasteiger partial charge in [0.25, 0.3) is 0 Å². The molecule has 2 heterocycles. The standard InChI is InChI=1S/C17H21BrN4O2S2/c1-2-24-15(23)12-5-4-8-21(10-12)11-22-17(25)26-16(20-22)19-14-7-3-6-13(18)9-14/h3,6-7,9,12H,2,4-5,8,10-11H2,1H3,(H,19,20). The predicted octanol–water partition coefficient (Wildman–Crippen LogP) is 4.41. The number of ether oxygens (including phenoxy) is 1. The number of hydrogen-bond acceptors (Lipinski definition) is 7. The van der Waals surface area contributed by atoms with Gasteiger partial charge in [0.2, 0.25) is 5.13 Å². The van der Waals surface area contributed by atoms with Crippen molar-refractivity contribution in [3.05, 3.63) is 32.7 Å². The van der Waals surface area contributed by atoms with Crippen LogP contribution in [0.5, 0.6) is 0 Å². The summed E-state index contributed by atoms with van der Waals surface area (Å²) in [5.74, 6) is -0.160. The van der Waals surface area contributed by atoms with Crippen molar-refractivity contribution in [3.63, 3.8) is 0 Å². The maximum absolute atomic E-state index is 12.0. The van der Waals surface area contributed by atoms with Crippen LogP contribution in [0.3, 0.4) is 0 Å². The molecule has 0 spiro atoms. The highest BCUT2D eigenvalue weighted by molar-refractivity contribution is 9.10. The molecule has 0 radical (unpaired) electrons. The first-order valence-corrected chi connectivity index (χ1v) is 10.6. The summed E-state index contributed by atoms with van der Waals surface area (Å²) in [7, 11) is 0. The molecule has 6 nitrogen and oxygen atoms in total. The van der Waals surface area contributed by atoms with Gasteiger partial charge in [-0.25, -0.2) is 4.68 Å². The lowest BCUT2D eigenvalue weighted by atomic mass is 9.99. The van der Waals surface area contributed by atoms with E-state index >= 15 is 0 Å². The number of benzene rings is 1. The number of nitrogens with one attached hydrogen (secondary N) is 1. The first kappa shape index (κ1) is 19.5. The summed E-state index contributed by atoms with van der Waals surface area (Å²) in [5, 5.41) is 8.62. The molecule has 2 aromatic rings. The van der Waals surface area contributed by atoms with Gasteiger partial charge in [0, 0.05) is 16.7 Å². The Bertz CT molecular complexity index is 823. The minimum atomic E-state index is -0.101. The molecule has 0 amide bonds. The SMILES string of the molecule is CCOC(=O)C1CCCN(Cn2nc(Nc3cccc(Br)c3)sc2=S)C1. The number of likely N-dealkylation sites (tertiary alicyclic amines) is 1. The van der Waals surface area contributed by atoms with Gasteiger partial charge in [-0.2, -0.15) is 0 Å². The Morgan fingerprint density at radius 1 is 1.54 bits per heavy atom. The van der Waals surface area contributed by atoms with Crippen LogP contribution in [0.15, 0.2) is 28.7 Å². The van der Waals surface area contributed by atoms with Gasteiger partial charge in [0.1, 0.15) is 0 Å². The summed E-state index contributed by atoms with van der Waals surface area (Å²) in [4.78, 5) is 14.2. The van der Waals surface area contributed by atoms with Gasteiger partial charge in [-0.3, -0.25) is 9.69 Å². The Hall–Kier alpha value is -1.29. The van der Waals surface area contributed by atoms with Gasteiger partial charge < -0.3 is 10.1 Å². The average Bonchev–Trinajstić information content (AvgIpc) is 2.94. The van der Waals surface area contributed by atoms with E-state index in [9.17, 15) is 4.79 Å². The molecule has 1 aromatic heterocycles. The Morgan fingerprint density at radius 2 is 2.38 bits per heavy atom. The van der Waals surface area contributed by atoms with E-state index in [-0.39, 0.29) is 11.9 Å². The lowest BCUT2D eigenvalue weighted by molar-refractivity contribution is -0.150. The predicted molar refractivity (Wildman–Crippen MR) is 109 cm³/mol. The lowest BCUT2D eigenvalue weighted by Crippen LogP contribution is -2.40. The number of rotatable bonds is 6. The van der Waals surface area contributed by atoms with E-state index in [1.165, 1.54) is 11.3 Å². The molecule has 26 heavy (non-hydrogen) atoms. The van der Waals surface area contributed by atoms with Crippen LogP contribution >= 0.6 is 39.5 Å². The van der Waals surface area contributed by atoms with Crippen molar-refractivity contribution in [1.29, 1.82) is 0 Å². The van der Waals surface area contributed by atoms with E-state index in [1.54, 1.807) is 0 Å². The highest BCUT2D eigenvalue weighted by Crippen LogP contribution is 2.24. The molecule has 1 N–H and O–H groups in total. The van der Waals surface area contributed by atoms with Crippen LogP contribution in [0.1, 0.15) is 19.8 Å². The number of carbonyl (C=O) groups is 1. The summed E-state index contributed by atoms with van der Waals surface area (Å²) in [6, 6.07) is 7.91. The van der Waals surface area contributed by atoms with Crippen molar-refractivity contribution >= 4 is 56.3 Å². The number of piperidine rings is 1. The zero-order valence-corrected chi connectivity index (χ0v) is 17.7. The summed E-state index contributed by atoms with van der Waals surface area (Å²) >= 11 is 10.4. The van der Waals surface area contributed by atoms with Gasteiger partial charge >= 0.3 is 5.97 Å². The van der Waals surface area contributed by atoms with E-state index in [1.807, 2.05) is 35.9 Å². The van der Waals surface area contributed by atoms with Crippen LogP contribution in [0, 0.1) is 9.87 Å². The molecule has 0 bridgehead atoms. The van der Waals surface area contributed by atoms with E-state index < -0.39 is 0 Å². The first-order valence-electron chi connectivity index (χ1n) is 8.54. The van der Waals surface area contributed by atoms with Crippen molar-refractivity contribution in [1.82, 2.24) is 14.7 Å². The van der Waals surface area contributed by atoms with Crippen LogP contribution in [-0.4, -0.2) is 40.3 Å². The number of halogens is 1. The molecule has 0 aliphatic carbocycles. The normalized spacial score (nSPS) is 17.8. The number of esters is 1. The highest BCUT2D eigenvalue weighted by atomic mass is 79.9. The molecule has 1 aromatic carbocycles. The Balaban J connectivity index is 1.64. The van der Waals surface area contributed by atoms with Crippen LogP contribution in [0.4, 0.5) is 10.8 Å². The minimum absolute atomic E-state index is 0.0595. The summed E-state index contributed by atoms with van der Waals surface area (Å²) in [5.41, 5.74) is 0.954. The average molecular weight is 457 g/mol. The van der Waals surface area contributed by atoms with E-state index in [0.29, 0.717) is 23.8 Å². The largest absolute Gasteiger partial charge is 0.466 e. The third-order valence-electron chi connectivity index (χ3n) is 4.14. The van der Waals surface area contributed by atoms with Gasteiger partial charge in [-0.15, -0.1) is 5.10 Å². The molecule has 3 rings (SSSR count). The van der Waals surface area contributed by atoms with Crippen molar-refractivity contribution in [2.75, 3.05) is 25.0 Å². The maximum atomic E-state index is 12.0. The van der Waals surface area contributed by atoms with Crippen LogP contribution < -0.4 is 5.32 Å². The Labute approximate surface area is 170 Å². The molecular formula is C17H21BrN4O2S2. The number of aromatic nitrogens is 2. The molecule has 1 aliphatic heterocycles. The second-order valence-corrected chi connectivity index (χ2v) is 8.66. The van der Waals surface area contributed by atoms with Crippen molar-refractivity contribution in [3.8, 4) is 0 Å². The number of carbonyl (C=O) groups excluding carboxylic acids is 1. The van der Waals surface area contributed by atoms with E-state index in [0.717, 1.165) is 34.7 Å². The van der Waals surface area contributed by atoms with Crippen molar-refractivity contribution in [2.45, 2.75) is 26.4 Å². The molecular weight excluding hydrogens is 436 g/mol. The summed E-state index contributed by atoms with van der Waals surface area (Å²) < 4.78 is 8.69. The van der Waals surface area contributed by atoms with Crippen molar-refractivity contribution in [2.24, 2.45) is 5.92 Å².